The summed E-state index contributed by atoms with van der Waals surface area (Å²) in [5, 5.41) is 6.70. The highest BCUT2D eigenvalue weighted by molar-refractivity contribution is 5.92. The summed E-state index contributed by atoms with van der Waals surface area (Å²) < 4.78 is 39.8. The fraction of sp³-hybridized carbons (Fsp3) is 0.190. The molecule has 0 saturated heterocycles. The zero-order valence-corrected chi connectivity index (χ0v) is 15.5. The number of alkyl halides is 3. The molecular weight excluding hydrogens is 383 g/mol. The van der Waals surface area contributed by atoms with Crippen molar-refractivity contribution in [3.8, 4) is 0 Å². The fourth-order valence-electron chi connectivity index (χ4n) is 2.78. The number of nitrogens with zero attached hydrogens (tertiary/aromatic N) is 2. The van der Waals surface area contributed by atoms with Crippen molar-refractivity contribution in [2.75, 3.05) is 0 Å². The van der Waals surface area contributed by atoms with Gasteiger partial charge in [0, 0.05) is 6.07 Å². The van der Waals surface area contributed by atoms with Crippen molar-refractivity contribution < 1.29 is 18.0 Å². The Bertz CT molecular complexity index is 1060. The van der Waals surface area contributed by atoms with Crippen LogP contribution in [0.5, 0.6) is 0 Å². The van der Waals surface area contributed by atoms with Crippen molar-refractivity contribution >= 4 is 5.91 Å². The Balaban J connectivity index is 1.77. The Morgan fingerprint density at radius 1 is 1.07 bits per heavy atom. The molecule has 29 heavy (non-hydrogen) atoms. The molecule has 150 valence electrons. The van der Waals surface area contributed by atoms with Crippen molar-refractivity contribution in [1.29, 1.82) is 0 Å². The molecule has 3 rings (SSSR count). The van der Waals surface area contributed by atoms with Crippen LogP contribution in [-0.4, -0.2) is 15.7 Å². The van der Waals surface area contributed by atoms with Gasteiger partial charge in [0.1, 0.15) is 5.69 Å². The number of nitrogens with one attached hydrogen (secondary N) is 1. The summed E-state index contributed by atoms with van der Waals surface area (Å²) in [5.41, 5.74) is 0.00379. The van der Waals surface area contributed by atoms with E-state index in [9.17, 15) is 22.8 Å². The van der Waals surface area contributed by atoms with Crippen LogP contribution >= 0.6 is 0 Å². The Kier molecular flexibility index (Phi) is 5.81. The number of carbonyl (C=O) groups excluding carboxylic acids is 1. The molecule has 3 aromatic rings. The van der Waals surface area contributed by atoms with Crippen LogP contribution in [0, 0.1) is 0 Å². The summed E-state index contributed by atoms with van der Waals surface area (Å²) in [7, 11) is 0. The highest BCUT2D eigenvalue weighted by atomic mass is 19.4. The molecule has 1 amide bonds. The van der Waals surface area contributed by atoms with Gasteiger partial charge in [-0.25, -0.2) is 4.68 Å². The molecule has 0 saturated carbocycles. The monoisotopic (exact) mass is 401 g/mol. The Labute approximate surface area is 164 Å². The van der Waals surface area contributed by atoms with Crippen LogP contribution in [0.25, 0.3) is 0 Å². The van der Waals surface area contributed by atoms with Crippen LogP contribution in [0.1, 0.15) is 40.1 Å². The van der Waals surface area contributed by atoms with Crippen molar-refractivity contribution in [1.82, 2.24) is 15.1 Å². The molecule has 0 aliphatic carbocycles. The van der Waals surface area contributed by atoms with Gasteiger partial charge < -0.3 is 5.32 Å². The maximum Gasteiger partial charge on any atom is 0.416 e. The Hall–Kier alpha value is -3.42. The number of rotatable bonds is 5. The second-order valence-electron chi connectivity index (χ2n) is 6.52. The number of aromatic nitrogens is 2. The number of carbonyl (C=O) groups is 1. The number of hydrogen-bond acceptors (Lipinski definition) is 3. The van der Waals surface area contributed by atoms with Crippen LogP contribution in [0.15, 0.2) is 71.5 Å². The first-order valence-electron chi connectivity index (χ1n) is 8.84. The first-order chi connectivity index (χ1) is 13.7. The summed E-state index contributed by atoms with van der Waals surface area (Å²) >= 11 is 0. The van der Waals surface area contributed by atoms with E-state index in [1.165, 1.54) is 28.9 Å². The molecule has 8 heteroatoms. The first kappa shape index (κ1) is 20.3. The van der Waals surface area contributed by atoms with Crippen LogP contribution in [-0.2, 0) is 12.7 Å². The van der Waals surface area contributed by atoms with E-state index in [-0.39, 0.29) is 17.8 Å². The third kappa shape index (κ3) is 5.10. The third-order valence-corrected chi connectivity index (χ3v) is 4.34. The number of hydrogen-bond donors (Lipinski definition) is 1. The quantitative estimate of drug-likeness (QED) is 0.707. The SMILES string of the molecule is CC(NC(=O)c1ccc(=O)n(Cc2ccccc2)n1)c1cccc(C(F)(F)F)c1. The van der Waals surface area contributed by atoms with Crippen LogP contribution < -0.4 is 10.9 Å². The highest BCUT2D eigenvalue weighted by Gasteiger charge is 2.30. The molecule has 1 atom stereocenters. The molecule has 5 nitrogen and oxygen atoms in total. The van der Waals surface area contributed by atoms with Crippen molar-refractivity contribution in [3.63, 3.8) is 0 Å². The predicted octanol–water partition coefficient (Wildman–Crippen LogP) is 3.80. The van der Waals surface area contributed by atoms with Crippen LogP contribution in [0.2, 0.25) is 0 Å². The second kappa shape index (κ2) is 8.30. The summed E-state index contributed by atoms with van der Waals surface area (Å²) in [4.78, 5) is 24.6. The molecule has 0 fully saturated rings. The minimum absolute atomic E-state index is 0.000595. The van der Waals surface area contributed by atoms with Gasteiger partial charge in [0.2, 0.25) is 0 Å². The summed E-state index contributed by atoms with van der Waals surface area (Å²) in [6.45, 7) is 1.78. The van der Waals surface area contributed by atoms with Gasteiger partial charge in [-0.05, 0) is 36.2 Å². The van der Waals surface area contributed by atoms with E-state index in [1.807, 2.05) is 30.3 Å². The summed E-state index contributed by atoms with van der Waals surface area (Å²) in [6, 6.07) is 15.8. The largest absolute Gasteiger partial charge is 0.416 e. The predicted molar refractivity (Wildman–Crippen MR) is 101 cm³/mol. The lowest BCUT2D eigenvalue weighted by Gasteiger charge is -2.16. The van der Waals surface area contributed by atoms with Crippen LogP contribution in [0.4, 0.5) is 13.2 Å². The molecule has 0 bridgehead atoms. The lowest BCUT2D eigenvalue weighted by atomic mass is 10.0. The zero-order chi connectivity index (χ0) is 21.0. The molecular formula is C21H18F3N3O2. The lowest BCUT2D eigenvalue weighted by molar-refractivity contribution is -0.137. The van der Waals surface area contributed by atoms with Crippen molar-refractivity contribution in [2.24, 2.45) is 0 Å². The average molecular weight is 401 g/mol. The molecule has 1 N–H and O–H groups in total. The molecule has 1 heterocycles. The van der Waals surface area contributed by atoms with E-state index in [1.54, 1.807) is 6.92 Å². The molecule has 0 radical (unpaired) electrons. The number of halogens is 3. The van der Waals surface area contributed by atoms with E-state index >= 15 is 0 Å². The molecule has 1 unspecified atom stereocenters. The maximum atomic E-state index is 12.9. The smallest absolute Gasteiger partial charge is 0.344 e. The van der Waals surface area contributed by atoms with Gasteiger partial charge in [0.05, 0.1) is 18.2 Å². The molecule has 1 aromatic heterocycles. The average Bonchev–Trinajstić information content (AvgIpc) is 2.70. The Morgan fingerprint density at radius 2 is 1.79 bits per heavy atom. The van der Waals surface area contributed by atoms with Crippen LogP contribution in [0.3, 0.4) is 0 Å². The van der Waals surface area contributed by atoms with Crippen molar-refractivity contribution in [2.45, 2.75) is 25.7 Å². The number of amides is 1. The second-order valence-corrected chi connectivity index (χ2v) is 6.52. The molecule has 0 spiro atoms. The van der Waals surface area contributed by atoms with E-state index < -0.39 is 23.7 Å². The standard InChI is InChI=1S/C21H18F3N3O2/c1-14(16-8-5-9-17(12-16)21(22,23)24)25-20(29)18-10-11-19(28)27(26-18)13-15-6-3-2-4-7-15/h2-12,14H,13H2,1H3,(H,25,29). The van der Waals surface area contributed by atoms with Gasteiger partial charge in [0.15, 0.2) is 0 Å². The zero-order valence-electron chi connectivity index (χ0n) is 15.5. The van der Waals surface area contributed by atoms with E-state index in [2.05, 4.69) is 10.4 Å². The maximum absolute atomic E-state index is 12.9. The fourth-order valence-corrected chi connectivity index (χ4v) is 2.78. The Morgan fingerprint density at radius 3 is 2.48 bits per heavy atom. The van der Waals surface area contributed by atoms with Gasteiger partial charge in [-0.2, -0.15) is 18.3 Å². The molecule has 0 aliphatic rings. The van der Waals surface area contributed by atoms with E-state index in [0.717, 1.165) is 17.7 Å². The van der Waals surface area contributed by atoms with Gasteiger partial charge in [-0.3, -0.25) is 9.59 Å². The molecule has 2 aromatic carbocycles. The van der Waals surface area contributed by atoms with Gasteiger partial charge >= 0.3 is 6.18 Å². The highest BCUT2D eigenvalue weighted by Crippen LogP contribution is 2.30. The van der Waals surface area contributed by atoms with E-state index in [4.69, 9.17) is 0 Å². The lowest BCUT2D eigenvalue weighted by Crippen LogP contribution is -2.31. The first-order valence-corrected chi connectivity index (χ1v) is 8.84. The summed E-state index contributed by atoms with van der Waals surface area (Å²) in [5.74, 6) is -0.586. The van der Waals surface area contributed by atoms with Gasteiger partial charge in [-0.15, -0.1) is 0 Å². The third-order valence-electron chi connectivity index (χ3n) is 4.34. The number of benzene rings is 2. The minimum Gasteiger partial charge on any atom is -0.344 e. The summed E-state index contributed by atoms with van der Waals surface area (Å²) in [6.07, 6.45) is -4.46. The normalized spacial score (nSPS) is 12.4. The topological polar surface area (TPSA) is 64.0 Å². The minimum atomic E-state index is -4.46. The van der Waals surface area contributed by atoms with Gasteiger partial charge in [-0.1, -0.05) is 42.5 Å². The van der Waals surface area contributed by atoms with Gasteiger partial charge in [0.25, 0.3) is 11.5 Å². The van der Waals surface area contributed by atoms with Crippen molar-refractivity contribution in [3.05, 3.63) is 99.5 Å². The van der Waals surface area contributed by atoms with E-state index in [0.29, 0.717) is 5.56 Å². The molecule has 0 aliphatic heterocycles.